The van der Waals surface area contributed by atoms with Crippen LogP contribution in [-0.4, -0.2) is 66.8 Å². The minimum atomic E-state index is -0.566. The Labute approximate surface area is 224 Å². The van der Waals surface area contributed by atoms with Crippen molar-refractivity contribution in [2.75, 3.05) is 39.5 Å². The molecule has 0 unspecified atom stereocenters. The number of ether oxygens (including phenoxy) is 2. The van der Waals surface area contributed by atoms with E-state index in [2.05, 4.69) is 4.90 Å². The number of fused-ring (bicyclic) bond motifs is 1. The summed E-state index contributed by atoms with van der Waals surface area (Å²) in [7, 11) is 0. The van der Waals surface area contributed by atoms with Crippen molar-refractivity contribution in [3.8, 4) is 21.9 Å². The van der Waals surface area contributed by atoms with Gasteiger partial charge in [-0.3, -0.25) is 19.3 Å². The second-order valence-electron chi connectivity index (χ2n) is 9.11. The highest BCUT2D eigenvalue weighted by molar-refractivity contribution is 7.22. The molecule has 5 rings (SSSR count). The van der Waals surface area contributed by atoms with E-state index in [-0.39, 0.29) is 11.5 Å². The lowest BCUT2D eigenvalue weighted by Gasteiger charge is -2.26. The molecule has 1 N–H and O–H groups in total. The van der Waals surface area contributed by atoms with E-state index in [0.717, 1.165) is 48.0 Å². The maximum atomic E-state index is 13.8. The molecule has 1 saturated heterocycles. The fourth-order valence-corrected chi connectivity index (χ4v) is 5.69. The van der Waals surface area contributed by atoms with Gasteiger partial charge in [-0.15, -0.1) is 11.3 Å². The zero-order chi connectivity index (χ0) is 26.6. The van der Waals surface area contributed by atoms with Crippen LogP contribution in [0.15, 0.2) is 66.7 Å². The maximum Gasteiger partial charge on any atom is 0.228 e. The van der Waals surface area contributed by atoms with Gasteiger partial charge in [-0.25, -0.2) is 0 Å². The Balaban J connectivity index is 1.43. The quantitative estimate of drug-likeness (QED) is 0.241. The van der Waals surface area contributed by atoms with Gasteiger partial charge in [0, 0.05) is 58.2 Å². The first-order chi connectivity index (χ1) is 18.4. The molecule has 194 valence electrons. The molecule has 4 aromatic rings. The minimum absolute atomic E-state index is 0.126. The van der Waals surface area contributed by atoms with Gasteiger partial charge in [-0.1, -0.05) is 12.1 Å². The van der Waals surface area contributed by atoms with E-state index in [1.807, 2.05) is 0 Å². The van der Waals surface area contributed by atoms with Crippen LogP contribution < -0.4 is 4.74 Å². The summed E-state index contributed by atoms with van der Waals surface area (Å²) in [4.78, 5) is 40.7. The van der Waals surface area contributed by atoms with Gasteiger partial charge in [0.05, 0.1) is 13.2 Å². The predicted octanol–water partition coefficient (Wildman–Crippen LogP) is 4.99. The number of rotatable bonds is 9. The van der Waals surface area contributed by atoms with E-state index in [1.54, 1.807) is 66.7 Å². The van der Waals surface area contributed by atoms with Crippen LogP contribution in [0.25, 0.3) is 20.5 Å². The third-order valence-electron chi connectivity index (χ3n) is 6.52. The van der Waals surface area contributed by atoms with Crippen molar-refractivity contribution in [2.24, 2.45) is 0 Å². The number of morpholine rings is 1. The first kappa shape index (κ1) is 25.8. The van der Waals surface area contributed by atoms with Crippen molar-refractivity contribution in [2.45, 2.75) is 6.92 Å². The van der Waals surface area contributed by atoms with Crippen molar-refractivity contribution < 1.29 is 29.0 Å². The Morgan fingerprint density at radius 1 is 0.947 bits per heavy atom. The van der Waals surface area contributed by atoms with Crippen LogP contribution in [0.2, 0.25) is 0 Å². The van der Waals surface area contributed by atoms with E-state index in [1.165, 1.54) is 18.3 Å². The Kier molecular flexibility index (Phi) is 7.64. The molecular formula is C30H27NO6S. The molecule has 0 spiro atoms. The molecule has 7 nitrogen and oxygen atoms in total. The van der Waals surface area contributed by atoms with Crippen LogP contribution in [0.3, 0.4) is 0 Å². The predicted molar refractivity (Wildman–Crippen MR) is 147 cm³/mol. The van der Waals surface area contributed by atoms with Crippen molar-refractivity contribution in [3.05, 3.63) is 83.4 Å². The lowest BCUT2D eigenvalue weighted by Crippen LogP contribution is -2.38. The summed E-state index contributed by atoms with van der Waals surface area (Å²) in [5.74, 6) is -0.450. The first-order valence-corrected chi connectivity index (χ1v) is 13.2. The Morgan fingerprint density at radius 2 is 1.63 bits per heavy atom. The molecule has 38 heavy (non-hydrogen) atoms. The van der Waals surface area contributed by atoms with Gasteiger partial charge in [0.1, 0.15) is 18.1 Å². The lowest BCUT2D eigenvalue weighted by molar-refractivity contribution is -0.113. The molecule has 8 heteroatoms. The number of carbonyl (C=O) groups excluding carboxylic acids is 3. The van der Waals surface area contributed by atoms with Gasteiger partial charge < -0.3 is 14.6 Å². The van der Waals surface area contributed by atoms with Gasteiger partial charge in [-0.05, 0) is 60.2 Å². The topological polar surface area (TPSA) is 93.1 Å². The maximum absolute atomic E-state index is 13.8. The number of ketones is 3. The molecule has 0 atom stereocenters. The Bertz CT molecular complexity index is 1480. The summed E-state index contributed by atoms with van der Waals surface area (Å²) in [6, 6.07) is 18.7. The van der Waals surface area contributed by atoms with Crippen LogP contribution >= 0.6 is 11.3 Å². The summed E-state index contributed by atoms with van der Waals surface area (Å²) < 4.78 is 12.0. The van der Waals surface area contributed by atoms with Gasteiger partial charge >= 0.3 is 0 Å². The average Bonchev–Trinajstić information content (AvgIpc) is 3.32. The molecular weight excluding hydrogens is 502 g/mol. The normalized spacial score (nSPS) is 13.9. The molecule has 0 amide bonds. The number of aromatic hydroxyl groups is 1. The molecule has 1 aromatic heterocycles. The zero-order valence-corrected chi connectivity index (χ0v) is 21.8. The number of hydrogen-bond acceptors (Lipinski definition) is 8. The molecule has 0 saturated carbocycles. The number of Topliss-reactive ketones (excluding diaryl/α,β-unsaturated/α-hetero) is 2. The van der Waals surface area contributed by atoms with E-state index in [4.69, 9.17) is 9.47 Å². The molecule has 3 aromatic carbocycles. The van der Waals surface area contributed by atoms with Crippen LogP contribution in [-0.2, 0) is 9.53 Å². The van der Waals surface area contributed by atoms with Crippen LogP contribution in [0.1, 0.15) is 33.2 Å². The number of phenols is 1. The SMILES string of the molecule is CC(=O)C(=O)c1ccc2c(C(=O)c3ccc(OCCN4CCOCC4)cc3)c(-c3ccc(O)cc3)sc2c1. The van der Waals surface area contributed by atoms with Crippen molar-refractivity contribution in [1.29, 1.82) is 0 Å². The third kappa shape index (κ3) is 5.52. The zero-order valence-electron chi connectivity index (χ0n) is 20.9. The van der Waals surface area contributed by atoms with Gasteiger partial charge in [0.2, 0.25) is 5.78 Å². The van der Waals surface area contributed by atoms with Gasteiger partial charge in [-0.2, -0.15) is 0 Å². The highest BCUT2D eigenvalue weighted by Crippen LogP contribution is 2.41. The van der Waals surface area contributed by atoms with Crippen LogP contribution in [0.4, 0.5) is 0 Å². The summed E-state index contributed by atoms with van der Waals surface area (Å²) in [6.45, 7) is 5.90. The number of benzene rings is 3. The van der Waals surface area contributed by atoms with Crippen molar-refractivity contribution >= 4 is 38.8 Å². The first-order valence-electron chi connectivity index (χ1n) is 12.4. The second-order valence-corrected chi connectivity index (χ2v) is 10.2. The average molecular weight is 530 g/mol. The van der Waals surface area contributed by atoms with E-state index < -0.39 is 11.6 Å². The molecule has 2 heterocycles. The lowest BCUT2D eigenvalue weighted by atomic mass is 9.96. The number of nitrogens with zero attached hydrogens (tertiary/aromatic N) is 1. The summed E-state index contributed by atoms with van der Waals surface area (Å²) in [5, 5.41) is 10.5. The van der Waals surface area contributed by atoms with Gasteiger partial charge in [0.15, 0.2) is 11.6 Å². The smallest absolute Gasteiger partial charge is 0.228 e. The molecule has 1 aliphatic rings. The van der Waals surface area contributed by atoms with Gasteiger partial charge in [0.25, 0.3) is 0 Å². The van der Waals surface area contributed by atoms with E-state index >= 15 is 0 Å². The minimum Gasteiger partial charge on any atom is -0.508 e. The molecule has 1 aliphatic heterocycles. The monoisotopic (exact) mass is 529 g/mol. The summed E-state index contributed by atoms with van der Waals surface area (Å²) in [6.07, 6.45) is 0. The van der Waals surface area contributed by atoms with Crippen LogP contribution in [0, 0.1) is 0 Å². The summed E-state index contributed by atoms with van der Waals surface area (Å²) >= 11 is 1.37. The number of hydrogen-bond donors (Lipinski definition) is 1. The fourth-order valence-electron chi connectivity index (χ4n) is 4.45. The van der Waals surface area contributed by atoms with Crippen molar-refractivity contribution in [1.82, 2.24) is 4.90 Å². The third-order valence-corrected chi connectivity index (χ3v) is 7.73. The number of thiophene rings is 1. The summed E-state index contributed by atoms with van der Waals surface area (Å²) in [5.41, 5.74) is 2.09. The van der Waals surface area contributed by atoms with Crippen LogP contribution in [0.5, 0.6) is 11.5 Å². The van der Waals surface area contributed by atoms with Crippen molar-refractivity contribution in [3.63, 3.8) is 0 Å². The molecule has 0 bridgehead atoms. The largest absolute Gasteiger partial charge is 0.508 e. The van der Waals surface area contributed by atoms with E-state index in [0.29, 0.717) is 34.4 Å². The Hall–Kier alpha value is -3.85. The number of carbonyl (C=O) groups is 3. The molecule has 1 fully saturated rings. The highest BCUT2D eigenvalue weighted by Gasteiger charge is 2.23. The van der Waals surface area contributed by atoms with E-state index in [9.17, 15) is 19.5 Å². The standard InChI is InChI=1S/C30H27NO6S/c1-19(32)28(34)22-6-11-25-26(18-22)38-30(21-2-7-23(33)8-3-21)27(25)29(35)20-4-9-24(10-5-20)37-17-14-31-12-15-36-16-13-31/h2-11,18,33H,12-17H2,1H3. The fraction of sp³-hybridized carbons (Fsp3) is 0.233. The highest BCUT2D eigenvalue weighted by atomic mass is 32.1. The number of phenolic OH excluding ortho intramolecular Hbond substituents is 1. The second kappa shape index (κ2) is 11.3. The molecule has 0 aliphatic carbocycles. The molecule has 0 radical (unpaired) electrons. The Morgan fingerprint density at radius 3 is 2.32 bits per heavy atom.